The van der Waals surface area contributed by atoms with Gasteiger partial charge in [-0.25, -0.2) is 0 Å². The lowest BCUT2D eigenvalue weighted by Crippen LogP contribution is -2.13. The van der Waals surface area contributed by atoms with Gasteiger partial charge in [-0.05, 0) is 48.0 Å². The van der Waals surface area contributed by atoms with Crippen molar-refractivity contribution < 1.29 is 9.15 Å². The van der Waals surface area contributed by atoms with Crippen molar-refractivity contribution in [3.05, 3.63) is 87.2 Å². The van der Waals surface area contributed by atoms with E-state index in [1.807, 2.05) is 48.5 Å². The zero-order valence-electron chi connectivity index (χ0n) is 13.0. The average molecular weight is 407 g/mol. The Morgan fingerprint density at radius 1 is 1.04 bits per heavy atom. The van der Waals surface area contributed by atoms with Gasteiger partial charge in [0.15, 0.2) is 0 Å². The molecule has 3 aromatic rings. The molecule has 124 valence electrons. The van der Waals surface area contributed by atoms with Gasteiger partial charge in [0.1, 0.15) is 18.1 Å². The molecular formula is C19H17BrClNO2. The fraction of sp³-hybridized carbons (Fsp3) is 0.158. The molecule has 0 aliphatic rings. The van der Waals surface area contributed by atoms with Crippen LogP contribution >= 0.6 is 27.5 Å². The third-order valence-electron chi connectivity index (χ3n) is 3.50. The van der Waals surface area contributed by atoms with E-state index in [0.717, 1.165) is 27.1 Å². The number of halogens is 2. The summed E-state index contributed by atoms with van der Waals surface area (Å²) < 4.78 is 12.3. The first-order chi connectivity index (χ1) is 11.7. The van der Waals surface area contributed by atoms with Crippen LogP contribution < -0.4 is 10.1 Å². The van der Waals surface area contributed by atoms with Crippen molar-refractivity contribution in [2.45, 2.75) is 19.7 Å². The lowest BCUT2D eigenvalue weighted by molar-refractivity contribution is 0.302. The highest BCUT2D eigenvalue weighted by Crippen LogP contribution is 2.24. The van der Waals surface area contributed by atoms with Crippen LogP contribution in [0.2, 0.25) is 5.02 Å². The summed E-state index contributed by atoms with van der Waals surface area (Å²) >= 11 is 9.53. The van der Waals surface area contributed by atoms with Crippen molar-refractivity contribution in [3.8, 4) is 5.75 Å². The first-order valence-electron chi connectivity index (χ1n) is 7.59. The van der Waals surface area contributed by atoms with E-state index in [4.69, 9.17) is 20.8 Å². The quantitative estimate of drug-likeness (QED) is 0.557. The normalized spacial score (nSPS) is 10.8. The topological polar surface area (TPSA) is 34.4 Å². The van der Waals surface area contributed by atoms with Crippen LogP contribution in [-0.4, -0.2) is 0 Å². The third-order valence-corrected chi connectivity index (χ3v) is 4.23. The van der Waals surface area contributed by atoms with Gasteiger partial charge >= 0.3 is 0 Å². The summed E-state index contributed by atoms with van der Waals surface area (Å²) in [5.74, 6) is 1.76. The largest absolute Gasteiger partial charge is 0.489 e. The van der Waals surface area contributed by atoms with E-state index < -0.39 is 0 Å². The van der Waals surface area contributed by atoms with E-state index in [0.29, 0.717) is 24.7 Å². The van der Waals surface area contributed by atoms with Crippen molar-refractivity contribution >= 4 is 27.5 Å². The predicted octanol–water partition coefficient (Wildman–Crippen LogP) is 5.56. The van der Waals surface area contributed by atoms with Crippen LogP contribution in [0.15, 0.2) is 69.8 Å². The SMILES string of the molecule is Clc1cccc(COc2ccc(Br)cc2CNCc2ccco2)c1. The highest BCUT2D eigenvalue weighted by molar-refractivity contribution is 9.10. The molecule has 3 rings (SSSR count). The van der Waals surface area contributed by atoms with Crippen LogP contribution in [-0.2, 0) is 19.7 Å². The molecule has 0 amide bonds. The van der Waals surface area contributed by atoms with Gasteiger partial charge in [0.25, 0.3) is 0 Å². The molecule has 0 aliphatic heterocycles. The molecule has 0 fully saturated rings. The number of furan rings is 1. The van der Waals surface area contributed by atoms with E-state index in [1.165, 1.54) is 0 Å². The van der Waals surface area contributed by atoms with Gasteiger partial charge in [-0.15, -0.1) is 0 Å². The van der Waals surface area contributed by atoms with Crippen LogP contribution in [0.3, 0.4) is 0 Å². The number of nitrogens with one attached hydrogen (secondary N) is 1. The summed E-state index contributed by atoms with van der Waals surface area (Å²) in [4.78, 5) is 0. The highest BCUT2D eigenvalue weighted by Gasteiger charge is 2.06. The summed E-state index contributed by atoms with van der Waals surface area (Å²) in [5.41, 5.74) is 2.12. The molecule has 0 bridgehead atoms. The van der Waals surface area contributed by atoms with Crippen molar-refractivity contribution in [2.75, 3.05) is 0 Å². The highest BCUT2D eigenvalue weighted by atomic mass is 79.9. The first-order valence-corrected chi connectivity index (χ1v) is 8.76. The number of hydrogen-bond donors (Lipinski definition) is 1. The minimum atomic E-state index is 0.480. The molecule has 5 heteroatoms. The molecule has 1 heterocycles. The van der Waals surface area contributed by atoms with Gasteiger partial charge in [-0.2, -0.15) is 0 Å². The Bertz CT molecular complexity index is 790. The van der Waals surface area contributed by atoms with Gasteiger partial charge in [-0.3, -0.25) is 0 Å². The molecule has 0 aliphatic carbocycles. The second-order valence-corrected chi connectivity index (χ2v) is 6.71. The Morgan fingerprint density at radius 3 is 2.75 bits per heavy atom. The lowest BCUT2D eigenvalue weighted by atomic mass is 10.2. The van der Waals surface area contributed by atoms with Crippen LogP contribution in [0, 0.1) is 0 Å². The zero-order chi connectivity index (χ0) is 16.8. The fourth-order valence-electron chi connectivity index (χ4n) is 2.35. The molecule has 0 unspecified atom stereocenters. The van der Waals surface area contributed by atoms with Gasteiger partial charge in [0, 0.05) is 21.6 Å². The summed E-state index contributed by atoms with van der Waals surface area (Å²) in [7, 11) is 0. The van der Waals surface area contributed by atoms with Crippen LogP contribution in [0.1, 0.15) is 16.9 Å². The Morgan fingerprint density at radius 2 is 1.96 bits per heavy atom. The molecule has 1 aromatic heterocycles. The van der Waals surface area contributed by atoms with Gasteiger partial charge in [0.2, 0.25) is 0 Å². The smallest absolute Gasteiger partial charge is 0.124 e. The van der Waals surface area contributed by atoms with E-state index in [9.17, 15) is 0 Å². The minimum absolute atomic E-state index is 0.480. The molecule has 24 heavy (non-hydrogen) atoms. The second kappa shape index (κ2) is 8.38. The molecule has 0 radical (unpaired) electrons. The van der Waals surface area contributed by atoms with E-state index in [1.54, 1.807) is 6.26 Å². The second-order valence-electron chi connectivity index (χ2n) is 5.35. The molecule has 1 N–H and O–H groups in total. The molecule has 0 saturated heterocycles. The van der Waals surface area contributed by atoms with Crippen molar-refractivity contribution in [3.63, 3.8) is 0 Å². The van der Waals surface area contributed by atoms with Gasteiger partial charge in [-0.1, -0.05) is 39.7 Å². The average Bonchev–Trinajstić information content (AvgIpc) is 3.07. The summed E-state index contributed by atoms with van der Waals surface area (Å²) in [6.07, 6.45) is 1.68. The van der Waals surface area contributed by atoms with Crippen LogP contribution in [0.5, 0.6) is 5.75 Å². The van der Waals surface area contributed by atoms with E-state index in [-0.39, 0.29) is 0 Å². The predicted molar refractivity (Wildman–Crippen MR) is 99.2 cm³/mol. The number of hydrogen-bond acceptors (Lipinski definition) is 3. The van der Waals surface area contributed by atoms with Crippen LogP contribution in [0.4, 0.5) is 0 Å². The Kier molecular flexibility index (Phi) is 5.96. The Labute approximate surface area is 154 Å². The van der Waals surface area contributed by atoms with Crippen molar-refractivity contribution in [2.24, 2.45) is 0 Å². The maximum absolute atomic E-state index is 6.02. The number of rotatable bonds is 7. The molecule has 2 aromatic carbocycles. The summed E-state index contributed by atoms with van der Waals surface area (Å²) in [5, 5.41) is 4.08. The Hall–Kier alpha value is -1.75. The molecule has 0 spiro atoms. The standard InChI is InChI=1S/C19H17BrClNO2/c20-16-6-7-19(24-13-14-3-1-4-17(21)9-14)15(10-16)11-22-12-18-5-2-8-23-18/h1-10,22H,11-13H2. The third kappa shape index (κ3) is 4.87. The zero-order valence-corrected chi connectivity index (χ0v) is 15.3. The van der Waals surface area contributed by atoms with E-state index >= 15 is 0 Å². The summed E-state index contributed by atoms with van der Waals surface area (Å²) in [6.45, 7) is 1.84. The van der Waals surface area contributed by atoms with Crippen molar-refractivity contribution in [1.29, 1.82) is 0 Å². The molecule has 0 saturated carbocycles. The molecule has 0 atom stereocenters. The first kappa shape index (κ1) is 17.1. The fourth-order valence-corrected chi connectivity index (χ4v) is 2.97. The minimum Gasteiger partial charge on any atom is -0.489 e. The molecular weight excluding hydrogens is 390 g/mol. The Balaban J connectivity index is 1.63. The maximum Gasteiger partial charge on any atom is 0.124 e. The van der Waals surface area contributed by atoms with Crippen molar-refractivity contribution in [1.82, 2.24) is 5.32 Å². The van der Waals surface area contributed by atoms with E-state index in [2.05, 4.69) is 27.3 Å². The monoisotopic (exact) mass is 405 g/mol. The van der Waals surface area contributed by atoms with Gasteiger partial charge in [0.05, 0.1) is 12.8 Å². The lowest BCUT2D eigenvalue weighted by Gasteiger charge is -2.13. The van der Waals surface area contributed by atoms with Gasteiger partial charge < -0.3 is 14.5 Å². The number of benzene rings is 2. The van der Waals surface area contributed by atoms with Crippen LogP contribution in [0.25, 0.3) is 0 Å². The number of ether oxygens (including phenoxy) is 1. The molecule has 3 nitrogen and oxygen atoms in total. The maximum atomic E-state index is 6.02. The summed E-state index contributed by atoms with van der Waals surface area (Å²) in [6, 6.07) is 17.5.